The van der Waals surface area contributed by atoms with E-state index in [1.54, 1.807) is 0 Å². The zero-order chi connectivity index (χ0) is 18.6. The molecule has 1 N–H and O–H groups in total. The van der Waals surface area contributed by atoms with Gasteiger partial charge in [0.1, 0.15) is 0 Å². The zero-order valence-electron chi connectivity index (χ0n) is 14.7. The van der Waals surface area contributed by atoms with Crippen molar-refractivity contribution in [1.29, 1.82) is 0 Å². The molecule has 135 valence electrons. The summed E-state index contributed by atoms with van der Waals surface area (Å²) in [6.07, 6.45) is 7.95. The summed E-state index contributed by atoms with van der Waals surface area (Å²) < 4.78 is 0. The summed E-state index contributed by atoms with van der Waals surface area (Å²) in [6.45, 7) is 11.0. The fourth-order valence-corrected chi connectivity index (χ4v) is 3.02. The van der Waals surface area contributed by atoms with Gasteiger partial charge < -0.3 is 5.11 Å². The number of hydrogen-bond acceptors (Lipinski definition) is 1. The Morgan fingerprint density at radius 1 is 1.12 bits per heavy atom. The zero-order valence-corrected chi connectivity index (χ0v) is 19.5. The summed E-state index contributed by atoms with van der Waals surface area (Å²) in [5, 5.41) is 10.4. The molecular formula is C18H28Cl3OSiTi. The number of allylic oxidation sites excluding steroid dienone is 2. The molecule has 0 spiro atoms. The summed E-state index contributed by atoms with van der Waals surface area (Å²) in [7, 11) is 13.9. The minimum atomic E-state index is -1.92. The van der Waals surface area contributed by atoms with Crippen molar-refractivity contribution in [3.8, 4) is 0 Å². The fraction of sp³-hybridized carbons (Fsp3) is 0.444. The average molecular weight is 443 g/mol. The van der Waals surface area contributed by atoms with Gasteiger partial charge in [0.05, 0.1) is 6.10 Å². The molecule has 2 atom stereocenters. The minimum absolute atomic E-state index is 0.119. The van der Waals surface area contributed by atoms with Crippen LogP contribution in [0.2, 0.25) is 25.7 Å². The third-order valence-corrected chi connectivity index (χ3v) is 4.87. The first-order valence-corrected chi connectivity index (χ1v) is 18.2. The molecule has 1 nitrogen and oxygen atoms in total. The molecule has 0 fully saturated rings. The van der Waals surface area contributed by atoms with Crippen molar-refractivity contribution >= 4 is 36.0 Å². The number of rotatable bonds is 8. The van der Waals surface area contributed by atoms with Gasteiger partial charge >= 0.3 is 42.6 Å². The molecule has 0 saturated carbocycles. The van der Waals surface area contributed by atoms with Crippen molar-refractivity contribution in [2.75, 3.05) is 0 Å². The second-order valence-electron chi connectivity index (χ2n) is 6.78. The van der Waals surface area contributed by atoms with Crippen LogP contribution in [-0.2, 0) is 14.7 Å². The topological polar surface area (TPSA) is 20.2 Å². The maximum absolute atomic E-state index is 10.4. The Bertz CT molecular complexity index is 472. The van der Waals surface area contributed by atoms with E-state index < -0.39 is 28.9 Å². The van der Waals surface area contributed by atoms with Gasteiger partial charge in [0.15, 0.2) is 0 Å². The van der Waals surface area contributed by atoms with Crippen molar-refractivity contribution in [2.45, 2.75) is 44.6 Å². The monoisotopic (exact) mass is 441 g/mol. The maximum atomic E-state index is 10.4. The first-order chi connectivity index (χ1) is 11.2. The van der Waals surface area contributed by atoms with Crippen LogP contribution in [0.1, 0.15) is 24.5 Å². The second-order valence-corrected chi connectivity index (χ2v) is 20.0. The van der Waals surface area contributed by atoms with Crippen LogP contribution < -0.4 is 0 Å². The number of benzene rings is 1. The van der Waals surface area contributed by atoms with Gasteiger partial charge in [-0.3, -0.25) is 0 Å². The van der Waals surface area contributed by atoms with Crippen molar-refractivity contribution in [2.24, 2.45) is 5.92 Å². The number of halogens is 3. The van der Waals surface area contributed by atoms with Gasteiger partial charge in [0.2, 0.25) is 0 Å². The van der Waals surface area contributed by atoms with E-state index in [2.05, 4.69) is 38.4 Å². The second kappa shape index (κ2) is 13.6. The normalized spacial score (nSPS) is 13.8. The predicted octanol–water partition coefficient (Wildman–Crippen LogP) is 7.26. The molecule has 1 aromatic rings. The third kappa shape index (κ3) is 13.7. The summed E-state index contributed by atoms with van der Waals surface area (Å²) in [4.78, 5) is 0. The summed E-state index contributed by atoms with van der Waals surface area (Å²) in [5.74, 6) is 0.119. The van der Waals surface area contributed by atoms with Gasteiger partial charge in [0.25, 0.3) is 0 Å². The Labute approximate surface area is 166 Å². The van der Waals surface area contributed by atoms with Crippen molar-refractivity contribution < 1.29 is 19.8 Å². The molecular weight excluding hydrogens is 415 g/mol. The molecule has 1 aromatic carbocycles. The van der Waals surface area contributed by atoms with Gasteiger partial charge in [-0.25, -0.2) is 0 Å². The van der Waals surface area contributed by atoms with Crippen LogP contribution in [0.3, 0.4) is 0 Å². The van der Waals surface area contributed by atoms with Gasteiger partial charge in [-0.05, 0) is 24.4 Å². The molecule has 6 heteroatoms. The quantitative estimate of drug-likeness (QED) is 0.332. The van der Waals surface area contributed by atoms with E-state index in [0.717, 1.165) is 18.4 Å². The van der Waals surface area contributed by atoms with Crippen molar-refractivity contribution in [3.63, 3.8) is 0 Å². The molecule has 24 heavy (non-hydrogen) atoms. The summed E-state index contributed by atoms with van der Waals surface area (Å²) >= 11 is -1.92. The van der Waals surface area contributed by atoms with Gasteiger partial charge in [-0.2, -0.15) is 0 Å². The van der Waals surface area contributed by atoms with Gasteiger partial charge in [-0.15, -0.1) is 6.58 Å². The molecule has 0 aliphatic carbocycles. The summed E-state index contributed by atoms with van der Waals surface area (Å²) in [5.41, 5.74) is 0.975. The molecule has 1 rings (SSSR count). The molecule has 0 unspecified atom stereocenters. The van der Waals surface area contributed by atoms with Crippen LogP contribution in [0.15, 0.2) is 55.1 Å². The van der Waals surface area contributed by atoms with Crippen LogP contribution in [0.4, 0.5) is 0 Å². The van der Waals surface area contributed by atoms with E-state index >= 15 is 0 Å². The molecule has 0 bridgehead atoms. The Morgan fingerprint density at radius 2 is 1.67 bits per heavy atom. The van der Waals surface area contributed by atoms with E-state index in [4.69, 9.17) is 27.9 Å². The van der Waals surface area contributed by atoms with E-state index in [-0.39, 0.29) is 5.92 Å². The SMILES string of the molecule is C=C[C@@H](CC/C=C/C[Si](C)(C)C)[C@H](O)c1ccccc1.[Cl][Ti]([Cl])[Cl]. The first-order valence-electron chi connectivity index (χ1n) is 8.01. The molecule has 0 heterocycles. The van der Waals surface area contributed by atoms with Crippen LogP contribution in [0.25, 0.3) is 0 Å². The molecule has 0 saturated heterocycles. The van der Waals surface area contributed by atoms with Crippen LogP contribution in [0.5, 0.6) is 0 Å². The summed E-state index contributed by atoms with van der Waals surface area (Å²) in [6, 6.07) is 11.1. The number of aliphatic hydroxyl groups excluding tert-OH is 1. The number of aliphatic hydroxyl groups is 1. The van der Waals surface area contributed by atoms with Gasteiger partial charge in [0, 0.05) is 14.0 Å². The van der Waals surface area contributed by atoms with E-state index in [1.165, 1.54) is 6.04 Å². The third-order valence-electron chi connectivity index (χ3n) is 3.41. The van der Waals surface area contributed by atoms with Crippen LogP contribution in [0, 0.1) is 5.92 Å². The van der Waals surface area contributed by atoms with E-state index in [9.17, 15) is 5.11 Å². The fourth-order valence-electron chi connectivity index (χ4n) is 2.15. The Kier molecular flexibility index (Phi) is 13.9. The molecule has 0 radical (unpaired) electrons. The molecule has 0 aliphatic heterocycles. The van der Waals surface area contributed by atoms with Crippen LogP contribution in [-0.4, -0.2) is 13.2 Å². The standard InChI is InChI=1S/C18H28OSi.3ClH.Ti/c1-5-16(12-10-7-11-15-20(2,3)4)18(19)17-13-8-6-9-14-17;;;;/h5-9,11,13-14,16,18-19H,1,10,12,15H2,2-4H3;3*1H;/q;;;;+3/p-3/b11-7+;;;;/t16-,18-;;;;/m0..../s1. The number of hydrogen-bond donors (Lipinski definition) is 1. The van der Waals surface area contributed by atoms with Crippen molar-refractivity contribution in [1.82, 2.24) is 0 Å². The first kappa shape index (κ1) is 24.5. The molecule has 0 aromatic heterocycles. The average Bonchev–Trinajstić information content (AvgIpc) is 2.49. The van der Waals surface area contributed by atoms with Gasteiger partial charge in [-0.1, -0.05) is 68.2 Å². The Balaban J connectivity index is 0.00000118. The predicted molar refractivity (Wildman–Crippen MR) is 109 cm³/mol. The molecule has 0 amide bonds. The van der Waals surface area contributed by atoms with Crippen molar-refractivity contribution in [3.05, 3.63) is 60.7 Å². The van der Waals surface area contributed by atoms with E-state index in [0.29, 0.717) is 0 Å². The Morgan fingerprint density at radius 3 is 2.12 bits per heavy atom. The van der Waals surface area contributed by atoms with Crippen LogP contribution >= 0.6 is 27.9 Å². The van der Waals surface area contributed by atoms with E-state index in [1.807, 2.05) is 36.4 Å². The molecule has 0 aliphatic rings. The Hall–Kier alpha value is 0.461.